The maximum Gasteiger partial charge on any atom is 0.257 e. The van der Waals surface area contributed by atoms with Crippen LogP contribution in [0.5, 0.6) is 0 Å². The Kier molecular flexibility index (Phi) is 8.03. The van der Waals surface area contributed by atoms with Crippen LogP contribution in [0.2, 0.25) is 10.0 Å². The molecule has 4 atom stereocenters. The topological polar surface area (TPSA) is 110 Å². The third-order valence-corrected chi connectivity index (χ3v) is 10.3. The number of likely N-dealkylation sites (tertiary alicyclic amines) is 1. The first-order valence-electron chi connectivity index (χ1n) is 14.7. The van der Waals surface area contributed by atoms with Crippen LogP contribution in [0.25, 0.3) is 0 Å². The Labute approximate surface area is 260 Å². The van der Waals surface area contributed by atoms with Gasteiger partial charge in [-0.2, -0.15) is 0 Å². The largest absolute Gasteiger partial charge is 0.392 e. The van der Waals surface area contributed by atoms with Gasteiger partial charge >= 0.3 is 0 Å². The third-order valence-electron chi connectivity index (χ3n) is 9.75. The zero-order valence-corrected chi connectivity index (χ0v) is 25.6. The van der Waals surface area contributed by atoms with Crippen molar-refractivity contribution in [3.05, 3.63) is 92.2 Å². The number of piperidine rings is 1. The lowest BCUT2D eigenvalue weighted by molar-refractivity contribution is -0.0579. The van der Waals surface area contributed by atoms with Crippen molar-refractivity contribution in [1.82, 2.24) is 19.8 Å². The highest BCUT2D eigenvalue weighted by Crippen LogP contribution is 2.49. The molecular weight excluding hydrogens is 594 g/mol. The lowest BCUT2D eigenvalue weighted by Gasteiger charge is -2.41. The van der Waals surface area contributed by atoms with Gasteiger partial charge in [0.25, 0.3) is 5.91 Å². The Morgan fingerprint density at radius 3 is 2.40 bits per heavy atom. The summed E-state index contributed by atoms with van der Waals surface area (Å²) in [4.78, 5) is 25.9. The second kappa shape index (κ2) is 11.4. The van der Waals surface area contributed by atoms with Crippen LogP contribution in [0.4, 0.5) is 4.39 Å². The zero-order chi connectivity index (χ0) is 30.7. The Hall–Kier alpha value is -2.66. The second-order valence-electron chi connectivity index (χ2n) is 12.1. The van der Waals surface area contributed by atoms with Crippen molar-refractivity contribution in [2.75, 3.05) is 20.1 Å². The Morgan fingerprint density at radius 2 is 1.79 bits per heavy atom. The molecule has 3 aromatic rings. The lowest BCUT2D eigenvalue weighted by atomic mass is 9.73. The molecule has 3 aliphatic rings. The molecule has 6 rings (SSSR count). The van der Waals surface area contributed by atoms with Crippen LogP contribution in [0, 0.1) is 11.7 Å². The number of aliphatic hydroxyl groups is 3. The van der Waals surface area contributed by atoms with Gasteiger partial charge in [0.15, 0.2) is 5.72 Å². The van der Waals surface area contributed by atoms with Crippen LogP contribution < -0.4 is 0 Å². The quantitative estimate of drug-likeness (QED) is 0.340. The Morgan fingerprint density at radius 1 is 1.09 bits per heavy atom. The number of amides is 1. The summed E-state index contributed by atoms with van der Waals surface area (Å²) in [6.07, 6.45) is 5.34. The fourth-order valence-electron chi connectivity index (χ4n) is 6.96. The first-order chi connectivity index (χ1) is 20.5. The molecule has 2 aromatic carbocycles. The minimum absolute atomic E-state index is 0.0357. The molecule has 11 heteroatoms. The number of hydrogen-bond acceptors (Lipinski definition) is 7. The van der Waals surface area contributed by atoms with Crippen molar-refractivity contribution in [1.29, 1.82) is 0 Å². The van der Waals surface area contributed by atoms with E-state index in [1.807, 2.05) is 14.0 Å². The fraction of sp³-hybridized carbons (Fsp3) is 0.469. The van der Waals surface area contributed by atoms with E-state index in [4.69, 9.17) is 23.2 Å². The standard InChI is InChI=1S/C32H35Cl2FN4O4/c1-3-31(42,18-8-10-38(2)11-9-18)20-13-24-29(26(35)14-20)32(43,39(30(24)41)17-28-36-15-21(33)16-37-28)19-4-6-25(34)23(12-19)22-5-7-27(22)40/h4,6,12-16,18,22,27,40,42-43H,3,5,7-11,17H2,1-2H3/t22?,27-,31-,32+/m0/s1. The molecule has 2 aliphatic heterocycles. The molecule has 0 radical (unpaired) electrons. The average molecular weight is 630 g/mol. The summed E-state index contributed by atoms with van der Waals surface area (Å²) in [6, 6.07) is 7.58. The van der Waals surface area contributed by atoms with Crippen molar-refractivity contribution < 1.29 is 24.5 Å². The van der Waals surface area contributed by atoms with Crippen LogP contribution in [-0.4, -0.2) is 67.2 Å². The molecule has 3 heterocycles. The van der Waals surface area contributed by atoms with Crippen LogP contribution in [0.15, 0.2) is 42.7 Å². The number of rotatable bonds is 7. The lowest BCUT2D eigenvalue weighted by Crippen LogP contribution is -2.45. The van der Waals surface area contributed by atoms with Gasteiger partial charge in [0.2, 0.25) is 0 Å². The molecule has 1 aromatic heterocycles. The monoisotopic (exact) mass is 628 g/mol. The van der Waals surface area contributed by atoms with Crippen LogP contribution in [0.3, 0.4) is 0 Å². The average Bonchev–Trinajstić information content (AvgIpc) is 3.21. The first-order valence-corrected chi connectivity index (χ1v) is 15.5. The van der Waals surface area contributed by atoms with Crippen molar-refractivity contribution in [2.24, 2.45) is 5.92 Å². The minimum Gasteiger partial charge on any atom is -0.392 e. The van der Waals surface area contributed by atoms with Crippen molar-refractivity contribution in [3.8, 4) is 0 Å². The summed E-state index contributed by atoms with van der Waals surface area (Å²) >= 11 is 12.5. The summed E-state index contributed by atoms with van der Waals surface area (Å²) in [5.41, 5.74) is -2.68. The normalized spacial score (nSPS) is 25.9. The number of nitrogens with zero attached hydrogens (tertiary/aromatic N) is 4. The number of aromatic nitrogens is 2. The van der Waals surface area contributed by atoms with Gasteiger partial charge in [-0.3, -0.25) is 9.69 Å². The maximum absolute atomic E-state index is 16.5. The van der Waals surface area contributed by atoms with Gasteiger partial charge in [-0.25, -0.2) is 14.4 Å². The molecule has 1 saturated carbocycles. The zero-order valence-electron chi connectivity index (χ0n) is 24.1. The van der Waals surface area contributed by atoms with Gasteiger partial charge in [-0.1, -0.05) is 36.2 Å². The molecule has 1 unspecified atom stereocenters. The number of aliphatic hydroxyl groups excluding tert-OH is 1. The molecule has 228 valence electrons. The van der Waals surface area contributed by atoms with Crippen LogP contribution in [-0.2, 0) is 17.9 Å². The maximum atomic E-state index is 16.5. The second-order valence-corrected chi connectivity index (χ2v) is 12.9. The smallest absolute Gasteiger partial charge is 0.257 e. The van der Waals surface area contributed by atoms with Gasteiger partial charge in [0.1, 0.15) is 11.6 Å². The molecule has 43 heavy (non-hydrogen) atoms. The third kappa shape index (κ3) is 5.04. The SMILES string of the molecule is CC[C@@](O)(c1cc(F)c2c(c1)C(=O)N(Cc1ncc(Cl)cn1)[C@@]2(O)c1ccc(Cl)c(C2CC[C@@H]2O)c1)C1CCN(C)CC1. The van der Waals surface area contributed by atoms with Crippen molar-refractivity contribution >= 4 is 29.1 Å². The molecule has 1 aliphatic carbocycles. The Bertz CT molecular complexity index is 1550. The number of hydrogen-bond donors (Lipinski definition) is 3. The first kappa shape index (κ1) is 30.4. The molecule has 0 spiro atoms. The highest BCUT2D eigenvalue weighted by molar-refractivity contribution is 6.31. The van der Waals surface area contributed by atoms with Crippen molar-refractivity contribution in [2.45, 2.75) is 68.9 Å². The molecular formula is C32H35Cl2FN4O4. The highest BCUT2D eigenvalue weighted by atomic mass is 35.5. The molecule has 1 saturated heterocycles. The number of halogens is 3. The van der Waals surface area contributed by atoms with Gasteiger partial charge in [-0.05, 0) is 93.6 Å². The molecule has 0 bridgehead atoms. The minimum atomic E-state index is -2.25. The fourth-order valence-corrected chi connectivity index (χ4v) is 7.32. The number of carbonyl (C=O) groups excluding carboxylic acids is 1. The molecule has 2 fully saturated rings. The number of benzene rings is 2. The number of fused-ring (bicyclic) bond motifs is 1. The van der Waals surface area contributed by atoms with E-state index in [0.717, 1.165) is 30.8 Å². The van der Waals surface area contributed by atoms with Gasteiger partial charge in [-0.15, -0.1) is 0 Å². The summed E-state index contributed by atoms with van der Waals surface area (Å²) in [6.45, 7) is 3.23. The summed E-state index contributed by atoms with van der Waals surface area (Å²) < 4.78 is 16.5. The molecule has 3 N–H and O–H groups in total. The van der Waals surface area contributed by atoms with E-state index >= 15 is 4.39 Å². The highest BCUT2D eigenvalue weighted by Gasteiger charge is 2.53. The van der Waals surface area contributed by atoms with Crippen LogP contribution in [0.1, 0.15) is 83.4 Å². The summed E-state index contributed by atoms with van der Waals surface area (Å²) in [7, 11) is 2.03. The molecule has 1 amide bonds. The van der Waals surface area contributed by atoms with E-state index in [9.17, 15) is 20.1 Å². The number of carbonyl (C=O) groups is 1. The van der Waals surface area contributed by atoms with E-state index in [1.165, 1.54) is 24.5 Å². The van der Waals surface area contributed by atoms with Gasteiger partial charge in [0.05, 0.1) is 34.4 Å². The Balaban J connectivity index is 1.49. The van der Waals surface area contributed by atoms with Gasteiger partial charge in [0, 0.05) is 28.9 Å². The predicted octanol–water partition coefficient (Wildman–Crippen LogP) is 4.95. The van der Waals surface area contributed by atoms with Crippen LogP contribution >= 0.6 is 23.2 Å². The summed E-state index contributed by atoms with van der Waals surface area (Å²) in [5.74, 6) is -1.58. The van der Waals surface area contributed by atoms with Crippen molar-refractivity contribution in [3.63, 3.8) is 0 Å². The van der Waals surface area contributed by atoms with E-state index in [2.05, 4.69) is 14.9 Å². The van der Waals surface area contributed by atoms with E-state index < -0.39 is 29.2 Å². The summed E-state index contributed by atoms with van der Waals surface area (Å²) in [5, 5.41) is 35.6. The van der Waals surface area contributed by atoms with E-state index in [1.54, 1.807) is 18.2 Å². The van der Waals surface area contributed by atoms with E-state index in [-0.39, 0.29) is 40.9 Å². The van der Waals surface area contributed by atoms with E-state index in [0.29, 0.717) is 40.4 Å². The van der Waals surface area contributed by atoms with Gasteiger partial charge < -0.3 is 20.2 Å². The predicted molar refractivity (Wildman–Crippen MR) is 160 cm³/mol. The molecule has 8 nitrogen and oxygen atoms in total.